The van der Waals surface area contributed by atoms with E-state index in [-0.39, 0.29) is 0 Å². The highest BCUT2D eigenvalue weighted by atomic mass is 32.2. The lowest BCUT2D eigenvalue weighted by atomic mass is 10.1. The second-order valence-electron chi connectivity index (χ2n) is 5.65. The van der Waals surface area contributed by atoms with Gasteiger partial charge in [0, 0.05) is 24.3 Å². The molecule has 0 radical (unpaired) electrons. The van der Waals surface area contributed by atoms with Crippen molar-refractivity contribution in [3.63, 3.8) is 0 Å². The van der Waals surface area contributed by atoms with Crippen molar-refractivity contribution in [3.05, 3.63) is 65.9 Å². The second-order valence-corrected chi connectivity index (χ2v) is 6.57. The molecule has 0 aliphatic rings. The predicted molar refractivity (Wildman–Crippen MR) is 95.2 cm³/mol. The molecule has 0 N–H and O–H groups in total. The monoisotopic (exact) mass is 365 g/mol. The molecular weight excluding hydrogens is 350 g/mol. The van der Waals surface area contributed by atoms with Crippen molar-refractivity contribution in [2.24, 2.45) is 0 Å². The Morgan fingerprint density at radius 3 is 2.77 bits per heavy atom. The maximum atomic E-state index is 5.59. The van der Waals surface area contributed by atoms with Gasteiger partial charge in [0.05, 0.1) is 18.4 Å². The molecule has 26 heavy (non-hydrogen) atoms. The maximum absolute atomic E-state index is 5.59. The van der Waals surface area contributed by atoms with E-state index < -0.39 is 0 Å². The van der Waals surface area contributed by atoms with Crippen LogP contribution in [0.15, 0.2) is 58.7 Å². The molecule has 130 valence electrons. The molecule has 0 aliphatic carbocycles. The number of hydrogen-bond donors (Lipinski definition) is 0. The SMILES string of the molecule is Cc1ccc(Cn2cc(CSc3nnc(-c4cnccn4)o3)nn2)cc1. The topological polar surface area (TPSA) is 95.4 Å². The van der Waals surface area contributed by atoms with Crippen LogP contribution in [-0.4, -0.2) is 35.2 Å². The Kier molecular flexibility index (Phi) is 4.69. The van der Waals surface area contributed by atoms with Crippen molar-refractivity contribution in [1.29, 1.82) is 0 Å². The van der Waals surface area contributed by atoms with Gasteiger partial charge in [-0.1, -0.05) is 46.8 Å². The molecule has 0 atom stereocenters. The second kappa shape index (κ2) is 7.44. The highest BCUT2D eigenvalue weighted by Gasteiger charge is 2.11. The molecule has 4 aromatic rings. The van der Waals surface area contributed by atoms with E-state index in [0.29, 0.717) is 29.1 Å². The Hall–Kier alpha value is -3.07. The number of thioether (sulfide) groups is 1. The number of hydrogen-bond acceptors (Lipinski definition) is 8. The summed E-state index contributed by atoms with van der Waals surface area (Å²) in [6, 6.07) is 8.37. The lowest BCUT2D eigenvalue weighted by Gasteiger charge is -2.01. The maximum Gasteiger partial charge on any atom is 0.277 e. The standard InChI is InChI=1S/C17H15N7OS/c1-12-2-4-13(5-3-12)9-24-10-14(20-23-24)11-26-17-22-21-16(25-17)15-8-18-6-7-19-15/h2-8,10H,9,11H2,1H3. The van der Waals surface area contributed by atoms with Gasteiger partial charge in [-0.3, -0.25) is 4.98 Å². The first-order valence-electron chi connectivity index (χ1n) is 7.93. The molecular formula is C17H15N7OS. The van der Waals surface area contributed by atoms with Crippen LogP contribution < -0.4 is 0 Å². The van der Waals surface area contributed by atoms with E-state index in [0.717, 1.165) is 5.69 Å². The quantitative estimate of drug-likeness (QED) is 0.481. The van der Waals surface area contributed by atoms with Gasteiger partial charge in [-0.2, -0.15) is 0 Å². The fraction of sp³-hybridized carbons (Fsp3) is 0.176. The third kappa shape index (κ3) is 3.94. The summed E-state index contributed by atoms with van der Waals surface area (Å²) in [7, 11) is 0. The molecule has 3 heterocycles. The zero-order chi connectivity index (χ0) is 17.8. The Labute approximate surface area is 153 Å². The van der Waals surface area contributed by atoms with Gasteiger partial charge in [-0.25, -0.2) is 9.67 Å². The molecule has 9 heteroatoms. The highest BCUT2D eigenvalue weighted by Crippen LogP contribution is 2.23. The van der Waals surface area contributed by atoms with Crippen molar-refractivity contribution in [2.45, 2.75) is 24.4 Å². The van der Waals surface area contributed by atoms with E-state index in [4.69, 9.17) is 4.42 Å². The zero-order valence-corrected chi connectivity index (χ0v) is 14.8. The molecule has 0 aliphatic heterocycles. The molecule has 8 nitrogen and oxygen atoms in total. The van der Waals surface area contributed by atoms with Gasteiger partial charge in [-0.05, 0) is 12.5 Å². The molecule has 0 spiro atoms. The van der Waals surface area contributed by atoms with Gasteiger partial charge in [0.2, 0.25) is 0 Å². The van der Waals surface area contributed by atoms with E-state index in [2.05, 4.69) is 61.7 Å². The van der Waals surface area contributed by atoms with Crippen LogP contribution in [0.25, 0.3) is 11.6 Å². The predicted octanol–water partition coefficient (Wildman–Crippen LogP) is 2.77. The molecule has 3 aromatic heterocycles. The van der Waals surface area contributed by atoms with E-state index in [1.54, 1.807) is 18.6 Å². The minimum Gasteiger partial charge on any atom is -0.410 e. The van der Waals surface area contributed by atoms with Crippen molar-refractivity contribution in [2.75, 3.05) is 0 Å². The van der Waals surface area contributed by atoms with E-state index in [1.165, 1.54) is 22.9 Å². The number of aryl methyl sites for hydroxylation is 1. The summed E-state index contributed by atoms with van der Waals surface area (Å²) >= 11 is 1.41. The molecule has 0 fully saturated rings. The van der Waals surface area contributed by atoms with Crippen molar-refractivity contribution < 1.29 is 4.42 Å². The van der Waals surface area contributed by atoms with Crippen LogP contribution in [0.5, 0.6) is 0 Å². The molecule has 4 rings (SSSR count). The number of aromatic nitrogens is 7. The first-order chi connectivity index (χ1) is 12.8. The van der Waals surface area contributed by atoms with E-state index >= 15 is 0 Å². The molecule has 0 unspecified atom stereocenters. The van der Waals surface area contributed by atoms with E-state index in [9.17, 15) is 0 Å². The third-order valence-corrected chi connectivity index (χ3v) is 4.44. The summed E-state index contributed by atoms with van der Waals surface area (Å²) in [6.07, 6.45) is 6.68. The fourth-order valence-electron chi connectivity index (χ4n) is 2.28. The van der Waals surface area contributed by atoms with Crippen LogP contribution in [0.3, 0.4) is 0 Å². The van der Waals surface area contributed by atoms with Crippen molar-refractivity contribution in [1.82, 2.24) is 35.2 Å². The van der Waals surface area contributed by atoms with Gasteiger partial charge >= 0.3 is 0 Å². The van der Waals surface area contributed by atoms with E-state index in [1.807, 2.05) is 10.9 Å². The Morgan fingerprint density at radius 1 is 1.08 bits per heavy atom. The smallest absolute Gasteiger partial charge is 0.277 e. The third-order valence-electron chi connectivity index (χ3n) is 3.58. The van der Waals surface area contributed by atoms with Crippen LogP contribution in [0.2, 0.25) is 0 Å². The molecule has 0 saturated heterocycles. The first kappa shape index (κ1) is 16.4. The van der Waals surface area contributed by atoms with Gasteiger partial charge in [0.25, 0.3) is 11.1 Å². The highest BCUT2D eigenvalue weighted by molar-refractivity contribution is 7.98. The minimum atomic E-state index is 0.351. The Morgan fingerprint density at radius 2 is 1.96 bits per heavy atom. The summed E-state index contributed by atoms with van der Waals surface area (Å²) in [5.41, 5.74) is 3.83. The zero-order valence-electron chi connectivity index (χ0n) is 14.0. The summed E-state index contributed by atoms with van der Waals surface area (Å²) < 4.78 is 7.41. The van der Waals surface area contributed by atoms with Crippen LogP contribution in [-0.2, 0) is 12.3 Å². The van der Waals surface area contributed by atoms with Gasteiger partial charge in [-0.15, -0.1) is 15.3 Å². The van der Waals surface area contributed by atoms with Crippen LogP contribution in [0.1, 0.15) is 16.8 Å². The Bertz CT molecular complexity index is 982. The number of benzene rings is 1. The van der Waals surface area contributed by atoms with Crippen LogP contribution >= 0.6 is 11.8 Å². The lowest BCUT2D eigenvalue weighted by molar-refractivity contribution is 0.464. The van der Waals surface area contributed by atoms with Crippen molar-refractivity contribution in [3.8, 4) is 11.6 Å². The summed E-state index contributed by atoms with van der Waals surface area (Å²) in [5.74, 6) is 0.944. The van der Waals surface area contributed by atoms with Crippen molar-refractivity contribution >= 4 is 11.8 Å². The molecule has 1 aromatic carbocycles. The molecule has 0 saturated carbocycles. The minimum absolute atomic E-state index is 0.351. The van der Waals surface area contributed by atoms with Crippen LogP contribution in [0, 0.1) is 6.92 Å². The number of rotatable bonds is 6. The average molecular weight is 365 g/mol. The van der Waals surface area contributed by atoms with Gasteiger partial charge in [0.1, 0.15) is 5.69 Å². The largest absolute Gasteiger partial charge is 0.410 e. The van der Waals surface area contributed by atoms with Crippen LogP contribution in [0.4, 0.5) is 0 Å². The average Bonchev–Trinajstić information content (AvgIpc) is 3.32. The normalized spacial score (nSPS) is 11.0. The summed E-state index contributed by atoms with van der Waals surface area (Å²) in [5, 5.41) is 16.8. The van der Waals surface area contributed by atoms with Gasteiger partial charge < -0.3 is 4.42 Å². The number of nitrogens with zero attached hydrogens (tertiary/aromatic N) is 7. The molecule has 0 bridgehead atoms. The summed E-state index contributed by atoms with van der Waals surface area (Å²) in [4.78, 5) is 8.12. The lowest BCUT2D eigenvalue weighted by Crippen LogP contribution is -2.00. The summed E-state index contributed by atoms with van der Waals surface area (Å²) in [6.45, 7) is 2.76. The van der Waals surface area contributed by atoms with Gasteiger partial charge in [0.15, 0.2) is 0 Å². The molecule has 0 amide bonds. The Balaban J connectivity index is 1.36. The fourth-order valence-corrected chi connectivity index (χ4v) is 2.92. The first-order valence-corrected chi connectivity index (χ1v) is 8.92.